The molecule has 1 aromatic carbocycles. The van der Waals surface area contributed by atoms with Crippen molar-refractivity contribution in [3.63, 3.8) is 0 Å². The first-order valence-electron chi connectivity index (χ1n) is 8.73. The summed E-state index contributed by atoms with van der Waals surface area (Å²) in [5, 5.41) is 10.2. The molecule has 1 atom stereocenters. The standard InChI is InChI=1S/C19H23N3O2/c1-13-6-7-14-16(12-13)20-18(15-4-2-3-5-17(15)23)21-19(14)22-8-10-24-11-9-22/h2-5,13,23H,6-12H2,1H3/t13-/m1/s1. The number of nitrogens with zero attached hydrogens (tertiary/aromatic N) is 3. The average Bonchev–Trinajstić information content (AvgIpc) is 2.61. The van der Waals surface area contributed by atoms with Crippen LogP contribution in [-0.2, 0) is 17.6 Å². The van der Waals surface area contributed by atoms with Crippen LogP contribution in [0.2, 0.25) is 0 Å². The van der Waals surface area contributed by atoms with Crippen molar-refractivity contribution in [3.05, 3.63) is 35.5 Å². The third-order valence-corrected chi connectivity index (χ3v) is 4.96. The Morgan fingerprint density at radius 1 is 1.17 bits per heavy atom. The highest BCUT2D eigenvalue weighted by molar-refractivity contribution is 5.66. The van der Waals surface area contributed by atoms with Crippen molar-refractivity contribution in [1.82, 2.24) is 9.97 Å². The van der Waals surface area contributed by atoms with E-state index in [1.807, 2.05) is 18.2 Å². The van der Waals surface area contributed by atoms with Gasteiger partial charge in [0, 0.05) is 18.7 Å². The van der Waals surface area contributed by atoms with Gasteiger partial charge in [-0.3, -0.25) is 0 Å². The van der Waals surface area contributed by atoms with Gasteiger partial charge in [-0.15, -0.1) is 0 Å². The fourth-order valence-corrected chi connectivity index (χ4v) is 3.58. The average molecular weight is 325 g/mol. The van der Waals surface area contributed by atoms with Crippen LogP contribution < -0.4 is 4.90 Å². The number of aromatic nitrogens is 2. The molecule has 0 spiro atoms. The predicted octanol–water partition coefficient (Wildman–Crippen LogP) is 2.81. The fourth-order valence-electron chi connectivity index (χ4n) is 3.58. The number of phenolic OH excluding ortho intramolecular Hbond substituents is 1. The zero-order valence-corrected chi connectivity index (χ0v) is 14.0. The summed E-state index contributed by atoms with van der Waals surface area (Å²) in [7, 11) is 0. The van der Waals surface area contributed by atoms with E-state index < -0.39 is 0 Å². The SMILES string of the molecule is C[C@@H]1CCc2c(nc(-c3ccccc3O)nc2N2CCOCC2)C1. The Labute approximate surface area is 142 Å². The summed E-state index contributed by atoms with van der Waals surface area (Å²) in [6, 6.07) is 7.30. The van der Waals surface area contributed by atoms with Crippen LogP contribution in [-0.4, -0.2) is 41.4 Å². The van der Waals surface area contributed by atoms with Crippen LogP contribution in [0.25, 0.3) is 11.4 Å². The van der Waals surface area contributed by atoms with Gasteiger partial charge in [-0.05, 0) is 37.3 Å². The summed E-state index contributed by atoms with van der Waals surface area (Å²) in [5.74, 6) is 2.53. The number of hydrogen-bond acceptors (Lipinski definition) is 5. The van der Waals surface area contributed by atoms with Crippen molar-refractivity contribution in [2.24, 2.45) is 5.92 Å². The Balaban J connectivity index is 1.83. The summed E-state index contributed by atoms with van der Waals surface area (Å²) < 4.78 is 5.49. The number of ether oxygens (including phenoxy) is 1. The molecule has 1 aromatic heterocycles. The molecule has 1 saturated heterocycles. The lowest BCUT2D eigenvalue weighted by Gasteiger charge is -2.32. The van der Waals surface area contributed by atoms with E-state index in [0.717, 1.165) is 50.7 Å². The van der Waals surface area contributed by atoms with E-state index in [1.54, 1.807) is 6.07 Å². The number of fused-ring (bicyclic) bond motifs is 1. The van der Waals surface area contributed by atoms with Gasteiger partial charge < -0.3 is 14.7 Å². The minimum Gasteiger partial charge on any atom is -0.507 e. The number of para-hydroxylation sites is 1. The first-order chi connectivity index (χ1) is 11.7. The molecular formula is C19H23N3O2. The highest BCUT2D eigenvalue weighted by Gasteiger charge is 2.26. The van der Waals surface area contributed by atoms with Crippen molar-refractivity contribution in [1.29, 1.82) is 0 Å². The normalized spacial score (nSPS) is 20.7. The van der Waals surface area contributed by atoms with Gasteiger partial charge in [-0.1, -0.05) is 19.1 Å². The van der Waals surface area contributed by atoms with E-state index in [9.17, 15) is 5.11 Å². The molecule has 1 N–H and O–H groups in total. The second-order valence-corrected chi connectivity index (χ2v) is 6.76. The summed E-state index contributed by atoms with van der Waals surface area (Å²) >= 11 is 0. The van der Waals surface area contributed by atoms with E-state index in [4.69, 9.17) is 14.7 Å². The highest BCUT2D eigenvalue weighted by Crippen LogP contribution is 2.34. The number of anilines is 1. The van der Waals surface area contributed by atoms with Crippen LogP contribution in [0, 0.1) is 5.92 Å². The number of morpholine rings is 1. The molecular weight excluding hydrogens is 302 g/mol. The first kappa shape index (κ1) is 15.4. The van der Waals surface area contributed by atoms with E-state index >= 15 is 0 Å². The third kappa shape index (κ3) is 2.84. The van der Waals surface area contributed by atoms with Crippen LogP contribution in [0.1, 0.15) is 24.6 Å². The molecule has 4 rings (SSSR count). The molecule has 1 fully saturated rings. The highest BCUT2D eigenvalue weighted by atomic mass is 16.5. The maximum Gasteiger partial charge on any atom is 0.165 e. The molecule has 24 heavy (non-hydrogen) atoms. The summed E-state index contributed by atoms with van der Waals surface area (Å²) in [5.41, 5.74) is 3.13. The van der Waals surface area contributed by atoms with Gasteiger partial charge in [0.1, 0.15) is 11.6 Å². The monoisotopic (exact) mass is 325 g/mol. The maximum atomic E-state index is 10.2. The number of benzene rings is 1. The summed E-state index contributed by atoms with van der Waals surface area (Å²) in [4.78, 5) is 12.0. The molecule has 126 valence electrons. The van der Waals surface area contributed by atoms with Crippen molar-refractivity contribution in [3.8, 4) is 17.1 Å². The largest absolute Gasteiger partial charge is 0.507 e. The van der Waals surface area contributed by atoms with Gasteiger partial charge in [-0.2, -0.15) is 0 Å². The molecule has 0 unspecified atom stereocenters. The maximum absolute atomic E-state index is 10.2. The first-order valence-corrected chi connectivity index (χ1v) is 8.73. The second-order valence-electron chi connectivity index (χ2n) is 6.76. The Kier molecular flexibility index (Phi) is 4.10. The molecule has 0 saturated carbocycles. The fraction of sp³-hybridized carbons (Fsp3) is 0.474. The number of hydrogen-bond donors (Lipinski definition) is 1. The zero-order chi connectivity index (χ0) is 16.5. The lowest BCUT2D eigenvalue weighted by atomic mass is 9.88. The lowest BCUT2D eigenvalue weighted by molar-refractivity contribution is 0.122. The topological polar surface area (TPSA) is 58.5 Å². The van der Waals surface area contributed by atoms with Crippen molar-refractivity contribution < 1.29 is 9.84 Å². The molecule has 2 aromatic rings. The molecule has 2 heterocycles. The Morgan fingerprint density at radius 3 is 2.75 bits per heavy atom. The summed E-state index contributed by atoms with van der Waals surface area (Å²) in [6.07, 6.45) is 3.20. The minimum atomic E-state index is 0.231. The Morgan fingerprint density at radius 2 is 1.96 bits per heavy atom. The Bertz CT molecular complexity index is 741. The summed E-state index contributed by atoms with van der Waals surface area (Å²) in [6.45, 7) is 5.47. The third-order valence-electron chi connectivity index (χ3n) is 4.96. The molecule has 1 aliphatic heterocycles. The Hall–Kier alpha value is -2.14. The molecule has 5 nitrogen and oxygen atoms in total. The molecule has 2 aliphatic rings. The van der Waals surface area contributed by atoms with Gasteiger partial charge in [0.05, 0.1) is 24.5 Å². The van der Waals surface area contributed by atoms with E-state index in [0.29, 0.717) is 17.3 Å². The van der Waals surface area contributed by atoms with Crippen molar-refractivity contribution in [2.45, 2.75) is 26.2 Å². The van der Waals surface area contributed by atoms with Gasteiger partial charge in [0.25, 0.3) is 0 Å². The van der Waals surface area contributed by atoms with E-state index in [-0.39, 0.29) is 5.75 Å². The lowest BCUT2D eigenvalue weighted by Crippen LogP contribution is -2.38. The minimum absolute atomic E-state index is 0.231. The number of phenols is 1. The van der Waals surface area contributed by atoms with Crippen LogP contribution in [0.3, 0.4) is 0 Å². The van der Waals surface area contributed by atoms with E-state index in [1.165, 1.54) is 12.0 Å². The molecule has 5 heteroatoms. The number of aromatic hydroxyl groups is 1. The molecule has 1 aliphatic carbocycles. The van der Waals surface area contributed by atoms with Crippen molar-refractivity contribution >= 4 is 5.82 Å². The number of rotatable bonds is 2. The van der Waals surface area contributed by atoms with Crippen LogP contribution >= 0.6 is 0 Å². The van der Waals surface area contributed by atoms with Crippen LogP contribution in [0.4, 0.5) is 5.82 Å². The predicted molar refractivity (Wildman–Crippen MR) is 93.4 cm³/mol. The molecule has 0 amide bonds. The molecule has 0 radical (unpaired) electrons. The quantitative estimate of drug-likeness (QED) is 0.920. The van der Waals surface area contributed by atoms with Gasteiger partial charge in [-0.25, -0.2) is 9.97 Å². The van der Waals surface area contributed by atoms with Gasteiger partial charge >= 0.3 is 0 Å². The zero-order valence-electron chi connectivity index (χ0n) is 14.0. The van der Waals surface area contributed by atoms with Crippen LogP contribution in [0.15, 0.2) is 24.3 Å². The van der Waals surface area contributed by atoms with Crippen molar-refractivity contribution in [2.75, 3.05) is 31.2 Å². The van der Waals surface area contributed by atoms with Gasteiger partial charge in [0.2, 0.25) is 0 Å². The smallest absolute Gasteiger partial charge is 0.165 e. The van der Waals surface area contributed by atoms with E-state index in [2.05, 4.69) is 11.8 Å². The second kappa shape index (κ2) is 6.40. The van der Waals surface area contributed by atoms with Gasteiger partial charge in [0.15, 0.2) is 5.82 Å². The molecule has 0 bridgehead atoms. The van der Waals surface area contributed by atoms with Crippen LogP contribution in [0.5, 0.6) is 5.75 Å².